The summed E-state index contributed by atoms with van der Waals surface area (Å²) >= 11 is 0. The summed E-state index contributed by atoms with van der Waals surface area (Å²) in [7, 11) is 0. The zero-order chi connectivity index (χ0) is 19.2. The van der Waals surface area contributed by atoms with Crippen molar-refractivity contribution in [3.05, 3.63) is 35.7 Å². The van der Waals surface area contributed by atoms with Crippen LogP contribution in [0.4, 0.5) is 13.2 Å². The fourth-order valence-electron chi connectivity index (χ4n) is 3.40. The molecule has 0 bridgehead atoms. The van der Waals surface area contributed by atoms with Gasteiger partial charge in [-0.25, -0.2) is 5.06 Å². The van der Waals surface area contributed by atoms with Crippen molar-refractivity contribution in [1.29, 1.82) is 0 Å². The first-order chi connectivity index (χ1) is 12.8. The molecule has 0 spiro atoms. The summed E-state index contributed by atoms with van der Waals surface area (Å²) in [6, 6.07) is 6.21. The Labute approximate surface area is 152 Å². The van der Waals surface area contributed by atoms with Crippen molar-refractivity contribution >= 4 is 5.91 Å². The molecule has 2 aliphatic rings. The number of alkyl halides is 3. The summed E-state index contributed by atoms with van der Waals surface area (Å²) < 4.78 is 41.7. The SMILES string of the molecule is O=C(Cc1ccc(-c2noc(C(F)(F)F)n2)cc1)N(O)CC1CC1C1CC1. The van der Waals surface area contributed by atoms with Gasteiger partial charge in [0.15, 0.2) is 0 Å². The summed E-state index contributed by atoms with van der Waals surface area (Å²) in [5, 5.41) is 14.1. The van der Waals surface area contributed by atoms with Gasteiger partial charge in [0.05, 0.1) is 13.0 Å². The molecule has 2 unspecified atom stereocenters. The molecular weight excluding hydrogens is 363 g/mol. The Morgan fingerprint density at radius 2 is 1.96 bits per heavy atom. The van der Waals surface area contributed by atoms with Gasteiger partial charge < -0.3 is 4.52 Å². The van der Waals surface area contributed by atoms with Crippen LogP contribution in [0.3, 0.4) is 0 Å². The Morgan fingerprint density at radius 1 is 1.26 bits per heavy atom. The number of halogens is 3. The van der Waals surface area contributed by atoms with Crippen molar-refractivity contribution in [3.63, 3.8) is 0 Å². The molecule has 1 N–H and O–H groups in total. The fourth-order valence-corrected chi connectivity index (χ4v) is 3.40. The summed E-state index contributed by atoms with van der Waals surface area (Å²) in [6.45, 7) is 0.362. The third-order valence-electron chi connectivity index (χ3n) is 5.14. The maximum atomic E-state index is 12.5. The molecule has 0 aliphatic heterocycles. The lowest BCUT2D eigenvalue weighted by atomic mass is 10.1. The van der Waals surface area contributed by atoms with E-state index in [-0.39, 0.29) is 12.2 Å². The number of aromatic nitrogens is 2. The highest BCUT2D eigenvalue weighted by Crippen LogP contribution is 2.54. The summed E-state index contributed by atoms with van der Waals surface area (Å²) in [4.78, 5) is 15.5. The number of benzene rings is 1. The number of hydrogen-bond acceptors (Lipinski definition) is 5. The standard InChI is InChI=1S/C18H18F3N3O3/c19-18(20,21)17-22-16(23-27-17)12-3-1-10(2-4-12)7-15(25)24(26)9-13-8-14(13)11-5-6-11/h1-4,11,13-14,26H,5-9H2. The van der Waals surface area contributed by atoms with Gasteiger partial charge in [-0.3, -0.25) is 10.0 Å². The Hall–Kier alpha value is -2.42. The third-order valence-corrected chi connectivity index (χ3v) is 5.14. The molecule has 1 amide bonds. The molecule has 9 heteroatoms. The maximum Gasteiger partial charge on any atom is 0.471 e. The van der Waals surface area contributed by atoms with E-state index in [4.69, 9.17) is 0 Å². The van der Waals surface area contributed by atoms with Gasteiger partial charge >= 0.3 is 12.1 Å². The summed E-state index contributed by atoms with van der Waals surface area (Å²) in [5.74, 6) is -0.142. The fraction of sp³-hybridized carbons (Fsp3) is 0.500. The molecule has 144 valence electrons. The van der Waals surface area contributed by atoms with Crippen LogP contribution in [0.5, 0.6) is 0 Å². The van der Waals surface area contributed by atoms with E-state index in [1.807, 2.05) is 0 Å². The van der Waals surface area contributed by atoms with Gasteiger partial charge in [0.25, 0.3) is 0 Å². The van der Waals surface area contributed by atoms with E-state index in [0.717, 1.165) is 17.4 Å². The number of rotatable bonds is 6. The maximum absolute atomic E-state index is 12.5. The lowest BCUT2D eigenvalue weighted by molar-refractivity contribution is -0.165. The number of hydrogen-bond donors (Lipinski definition) is 1. The van der Waals surface area contributed by atoms with Gasteiger partial charge in [-0.1, -0.05) is 29.4 Å². The smallest absolute Gasteiger partial charge is 0.329 e. The molecular formula is C18H18F3N3O3. The molecule has 2 fully saturated rings. The van der Waals surface area contributed by atoms with Crippen molar-refractivity contribution in [1.82, 2.24) is 15.2 Å². The minimum atomic E-state index is -4.69. The van der Waals surface area contributed by atoms with E-state index in [9.17, 15) is 23.2 Å². The molecule has 2 saturated carbocycles. The highest BCUT2D eigenvalue weighted by Gasteiger charge is 2.48. The van der Waals surface area contributed by atoms with Gasteiger partial charge in [0.2, 0.25) is 11.7 Å². The van der Waals surface area contributed by atoms with Crippen LogP contribution in [-0.4, -0.2) is 32.9 Å². The van der Waals surface area contributed by atoms with Crippen LogP contribution in [-0.2, 0) is 17.4 Å². The number of amides is 1. The largest absolute Gasteiger partial charge is 0.471 e. The second-order valence-electron chi connectivity index (χ2n) is 7.27. The van der Waals surface area contributed by atoms with Crippen LogP contribution in [0.1, 0.15) is 30.7 Å². The minimum Gasteiger partial charge on any atom is -0.329 e. The van der Waals surface area contributed by atoms with Crippen molar-refractivity contribution in [3.8, 4) is 11.4 Å². The highest BCUT2D eigenvalue weighted by molar-refractivity contribution is 5.77. The zero-order valence-electron chi connectivity index (χ0n) is 14.3. The van der Waals surface area contributed by atoms with E-state index < -0.39 is 18.0 Å². The highest BCUT2D eigenvalue weighted by atomic mass is 19.4. The number of carbonyl (C=O) groups is 1. The van der Waals surface area contributed by atoms with Crippen molar-refractivity contribution in [2.24, 2.45) is 17.8 Å². The Balaban J connectivity index is 1.33. The first-order valence-electron chi connectivity index (χ1n) is 8.80. The van der Waals surface area contributed by atoms with Crippen LogP contribution < -0.4 is 0 Å². The Bertz CT molecular complexity index is 830. The van der Waals surface area contributed by atoms with Gasteiger partial charge in [-0.2, -0.15) is 18.2 Å². The monoisotopic (exact) mass is 381 g/mol. The van der Waals surface area contributed by atoms with Gasteiger partial charge in [0, 0.05) is 5.56 Å². The topological polar surface area (TPSA) is 79.5 Å². The van der Waals surface area contributed by atoms with E-state index in [1.54, 1.807) is 12.1 Å². The first-order valence-corrected chi connectivity index (χ1v) is 8.80. The van der Waals surface area contributed by atoms with Crippen LogP contribution in [0.25, 0.3) is 11.4 Å². The second-order valence-corrected chi connectivity index (χ2v) is 7.27. The molecule has 0 radical (unpaired) electrons. The molecule has 2 aliphatic carbocycles. The molecule has 1 aromatic heterocycles. The second kappa shape index (κ2) is 6.63. The lowest BCUT2D eigenvalue weighted by Gasteiger charge is -2.15. The molecule has 1 heterocycles. The van der Waals surface area contributed by atoms with Crippen LogP contribution in [0.2, 0.25) is 0 Å². The number of hydroxylamine groups is 2. The number of carbonyl (C=O) groups excluding carboxylic acids is 1. The normalized spacial score (nSPS) is 21.9. The molecule has 1 aromatic carbocycles. The van der Waals surface area contributed by atoms with Gasteiger partial charge in [-0.15, -0.1) is 0 Å². The average Bonchev–Trinajstić information content (AvgIpc) is 3.52. The molecule has 2 atom stereocenters. The zero-order valence-corrected chi connectivity index (χ0v) is 14.3. The van der Waals surface area contributed by atoms with Crippen LogP contribution in [0, 0.1) is 17.8 Å². The minimum absolute atomic E-state index is 0.0115. The van der Waals surface area contributed by atoms with E-state index in [0.29, 0.717) is 29.5 Å². The van der Waals surface area contributed by atoms with E-state index in [2.05, 4.69) is 14.7 Å². The Morgan fingerprint density at radius 3 is 2.56 bits per heavy atom. The van der Waals surface area contributed by atoms with Gasteiger partial charge in [0.1, 0.15) is 0 Å². The van der Waals surface area contributed by atoms with E-state index >= 15 is 0 Å². The molecule has 2 aromatic rings. The summed E-state index contributed by atoms with van der Waals surface area (Å²) in [5.41, 5.74) is 0.980. The summed E-state index contributed by atoms with van der Waals surface area (Å²) in [6.07, 6.45) is -1.08. The predicted molar refractivity (Wildman–Crippen MR) is 86.3 cm³/mol. The molecule has 0 saturated heterocycles. The van der Waals surface area contributed by atoms with Crippen molar-refractivity contribution in [2.45, 2.75) is 31.9 Å². The lowest BCUT2D eigenvalue weighted by Crippen LogP contribution is -2.31. The predicted octanol–water partition coefficient (Wildman–Crippen LogP) is 3.56. The molecule has 27 heavy (non-hydrogen) atoms. The third kappa shape index (κ3) is 4.13. The van der Waals surface area contributed by atoms with Crippen LogP contribution >= 0.6 is 0 Å². The first kappa shape index (κ1) is 18.0. The molecule has 6 nitrogen and oxygen atoms in total. The van der Waals surface area contributed by atoms with Crippen molar-refractivity contribution < 1.29 is 27.7 Å². The average molecular weight is 381 g/mol. The molecule has 4 rings (SSSR count). The van der Waals surface area contributed by atoms with E-state index in [1.165, 1.54) is 25.0 Å². The Kier molecular flexibility index (Phi) is 4.41. The van der Waals surface area contributed by atoms with Crippen molar-refractivity contribution in [2.75, 3.05) is 6.54 Å². The van der Waals surface area contributed by atoms with Crippen LogP contribution in [0.15, 0.2) is 28.8 Å². The quantitative estimate of drug-likeness (QED) is 0.611. The number of nitrogens with zero attached hydrogens (tertiary/aromatic N) is 3. The van der Waals surface area contributed by atoms with Gasteiger partial charge in [-0.05, 0) is 42.6 Å².